The molecule has 1 heterocycles. The predicted molar refractivity (Wildman–Crippen MR) is 46.2 cm³/mol. The minimum atomic E-state index is -4.23. The van der Waals surface area contributed by atoms with Crippen molar-refractivity contribution in [2.24, 2.45) is 0 Å². The van der Waals surface area contributed by atoms with Gasteiger partial charge in [-0.15, -0.1) is 0 Å². The summed E-state index contributed by atoms with van der Waals surface area (Å²) in [7, 11) is 0. The Kier molecular flexibility index (Phi) is 1.30. The highest BCUT2D eigenvalue weighted by Gasteiger charge is 2.45. The first-order chi connectivity index (χ1) is 6.55. The van der Waals surface area contributed by atoms with Gasteiger partial charge in [0.25, 0.3) is 0 Å². The molecule has 0 radical (unpaired) electrons. The van der Waals surface area contributed by atoms with Gasteiger partial charge in [-0.2, -0.15) is 13.2 Å². The van der Waals surface area contributed by atoms with Crippen LogP contribution < -0.4 is 5.32 Å². The van der Waals surface area contributed by atoms with E-state index >= 15 is 0 Å². The van der Waals surface area contributed by atoms with Gasteiger partial charge >= 0.3 is 6.18 Å². The normalized spacial score (nSPS) is 27.9. The second kappa shape index (κ2) is 2.24. The first-order valence-electron chi connectivity index (χ1n) is 4.53. The van der Waals surface area contributed by atoms with Gasteiger partial charge < -0.3 is 5.32 Å². The summed E-state index contributed by atoms with van der Waals surface area (Å²) in [6.07, 6.45) is -3.16. The van der Waals surface area contributed by atoms with E-state index in [4.69, 9.17) is 0 Å². The molecule has 3 rings (SSSR count). The van der Waals surface area contributed by atoms with Crippen LogP contribution in [-0.4, -0.2) is 6.04 Å². The molecule has 0 bridgehead atoms. The molecule has 1 aliphatic heterocycles. The summed E-state index contributed by atoms with van der Waals surface area (Å²) < 4.78 is 37.0. The summed E-state index contributed by atoms with van der Waals surface area (Å²) in [4.78, 5) is 0. The minimum Gasteiger partial charge on any atom is -0.381 e. The van der Waals surface area contributed by atoms with Gasteiger partial charge in [0.05, 0.1) is 5.56 Å². The Morgan fingerprint density at radius 3 is 2.79 bits per heavy atom. The van der Waals surface area contributed by atoms with Crippen molar-refractivity contribution >= 4 is 5.69 Å². The number of rotatable bonds is 0. The number of alkyl halides is 3. The van der Waals surface area contributed by atoms with Crippen molar-refractivity contribution < 1.29 is 13.2 Å². The van der Waals surface area contributed by atoms with Crippen LogP contribution in [-0.2, 0) is 6.18 Å². The van der Waals surface area contributed by atoms with Crippen molar-refractivity contribution in [3.05, 3.63) is 29.3 Å². The third kappa shape index (κ3) is 1.03. The summed E-state index contributed by atoms with van der Waals surface area (Å²) in [6, 6.07) is 4.37. The predicted octanol–water partition coefficient (Wildman–Crippen LogP) is 2.99. The molecule has 0 saturated heterocycles. The van der Waals surface area contributed by atoms with Crippen LogP contribution in [0.4, 0.5) is 18.9 Å². The maximum absolute atomic E-state index is 12.3. The fraction of sp³-hybridized carbons (Fsp3) is 0.400. The highest BCUT2D eigenvalue weighted by atomic mass is 19.4. The van der Waals surface area contributed by atoms with E-state index in [2.05, 4.69) is 5.32 Å². The maximum Gasteiger partial charge on any atom is 0.416 e. The molecular weight excluding hydrogens is 191 g/mol. The average Bonchev–Trinajstić information content (AvgIpc) is 2.76. The fourth-order valence-electron chi connectivity index (χ4n) is 2.08. The molecule has 0 amide bonds. The number of hydrogen-bond acceptors (Lipinski definition) is 1. The van der Waals surface area contributed by atoms with E-state index in [9.17, 15) is 13.2 Å². The van der Waals surface area contributed by atoms with Crippen LogP contribution >= 0.6 is 0 Å². The molecule has 74 valence electrons. The number of halogens is 3. The van der Waals surface area contributed by atoms with Gasteiger partial charge in [0.1, 0.15) is 0 Å². The summed E-state index contributed by atoms with van der Waals surface area (Å²) in [5, 5.41) is 3.08. The molecule has 1 aromatic carbocycles. The zero-order valence-corrected chi connectivity index (χ0v) is 7.23. The Labute approximate surface area is 78.9 Å². The molecular formula is C10H8F3N. The molecule has 1 aliphatic carbocycles. The van der Waals surface area contributed by atoms with Crippen LogP contribution in [0.5, 0.6) is 0 Å². The number of nitrogens with one attached hydrogen (secondary N) is 1. The first-order valence-corrected chi connectivity index (χ1v) is 4.53. The van der Waals surface area contributed by atoms with Gasteiger partial charge in [-0.3, -0.25) is 0 Å². The maximum atomic E-state index is 12.3. The molecule has 2 atom stereocenters. The number of fused-ring (bicyclic) bond motifs is 3. The second-order valence-electron chi connectivity index (χ2n) is 3.89. The van der Waals surface area contributed by atoms with E-state index in [0.717, 1.165) is 12.0 Å². The zero-order valence-electron chi connectivity index (χ0n) is 7.23. The molecule has 14 heavy (non-hydrogen) atoms. The van der Waals surface area contributed by atoms with Gasteiger partial charge in [-0.05, 0) is 24.1 Å². The van der Waals surface area contributed by atoms with Crippen LogP contribution in [0.25, 0.3) is 0 Å². The molecule has 4 heteroatoms. The van der Waals surface area contributed by atoms with Crippen molar-refractivity contribution in [2.45, 2.75) is 24.6 Å². The lowest BCUT2D eigenvalue weighted by Crippen LogP contribution is -2.06. The fourth-order valence-corrected chi connectivity index (χ4v) is 2.08. The Morgan fingerprint density at radius 2 is 2.07 bits per heavy atom. The molecule has 2 unspecified atom stereocenters. The van der Waals surface area contributed by atoms with Crippen LogP contribution in [0.15, 0.2) is 18.2 Å². The SMILES string of the molecule is FC(F)(F)c1ccc2c(c1)NC1CC21. The summed E-state index contributed by atoms with van der Waals surface area (Å²) in [5.74, 6) is 0.465. The van der Waals surface area contributed by atoms with Gasteiger partial charge in [0.2, 0.25) is 0 Å². The summed E-state index contributed by atoms with van der Waals surface area (Å²) in [5.41, 5.74) is 1.15. The molecule has 1 fully saturated rings. The second-order valence-corrected chi connectivity index (χ2v) is 3.89. The van der Waals surface area contributed by atoms with Crippen LogP contribution in [0.3, 0.4) is 0 Å². The highest BCUT2D eigenvalue weighted by Crippen LogP contribution is 2.52. The number of anilines is 1. The number of benzene rings is 1. The zero-order chi connectivity index (χ0) is 9.92. The van der Waals surface area contributed by atoms with E-state index in [1.807, 2.05) is 0 Å². The Morgan fingerprint density at radius 1 is 1.29 bits per heavy atom. The van der Waals surface area contributed by atoms with E-state index in [1.54, 1.807) is 6.07 Å². The van der Waals surface area contributed by atoms with Crippen molar-refractivity contribution in [1.82, 2.24) is 0 Å². The lowest BCUT2D eigenvalue weighted by atomic mass is 10.1. The largest absolute Gasteiger partial charge is 0.416 e. The first kappa shape index (κ1) is 8.15. The Hall–Kier alpha value is -1.19. The van der Waals surface area contributed by atoms with Gasteiger partial charge in [-0.1, -0.05) is 6.07 Å². The Bertz CT molecular complexity index is 397. The van der Waals surface area contributed by atoms with E-state index in [-0.39, 0.29) is 0 Å². The third-order valence-electron chi connectivity index (χ3n) is 2.91. The molecule has 1 aromatic rings. The van der Waals surface area contributed by atoms with Gasteiger partial charge in [0.15, 0.2) is 0 Å². The van der Waals surface area contributed by atoms with E-state index in [1.165, 1.54) is 12.1 Å². The summed E-state index contributed by atoms with van der Waals surface area (Å²) in [6.45, 7) is 0. The smallest absolute Gasteiger partial charge is 0.381 e. The van der Waals surface area contributed by atoms with E-state index < -0.39 is 11.7 Å². The van der Waals surface area contributed by atoms with Crippen LogP contribution in [0, 0.1) is 0 Å². The molecule has 1 N–H and O–H groups in total. The minimum absolute atomic E-state index is 0.397. The Balaban J connectivity index is 2.04. The monoisotopic (exact) mass is 199 g/mol. The van der Waals surface area contributed by atoms with Crippen molar-refractivity contribution in [2.75, 3.05) is 5.32 Å². The third-order valence-corrected chi connectivity index (χ3v) is 2.91. The lowest BCUT2D eigenvalue weighted by Gasteiger charge is -2.10. The van der Waals surface area contributed by atoms with Crippen molar-refractivity contribution in [3.63, 3.8) is 0 Å². The number of hydrogen-bond donors (Lipinski definition) is 1. The average molecular weight is 199 g/mol. The van der Waals surface area contributed by atoms with Crippen LogP contribution in [0.2, 0.25) is 0 Å². The molecule has 1 nitrogen and oxygen atoms in total. The quantitative estimate of drug-likeness (QED) is 0.677. The highest BCUT2D eigenvalue weighted by molar-refractivity contribution is 5.64. The van der Waals surface area contributed by atoms with Crippen molar-refractivity contribution in [3.8, 4) is 0 Å². The lowest BCUT2D eigenvalue weighted by molar-refractivity contribution is -0.137. The molecule has 0 aromatic heterocycles. The van der Waals surface area contributed by atoms with Crippen molar-refractivity contribution in [1.29, 1.82) is 0 Å². The standard InChI is InChI=1S/C10H8F3N/c11-10(12,13)5-1-2-6-7-4-9(7)14-8(6)3-5/h1-3,7,9,14H,4H2. The van der Waals surface area contributed by atoms with Crippen LogP contribution in [0.1, 0.15) is 23.5 Å². The molecule has 1 saturated carbocycles. The molecule has 0 spiro atoms. The molecule has 2 aliphatic rings. The summed E-state index contributed by atoms with van der Waals surface area (Å²) >= 11 is 0. The topological polar surface area (TPSA) is 12.0 Å². The van der Waals surface area contributed by atoms with Gasteiger partial charge in [0, 0.05) is 17.6 Å². The van der Waals surface area contributed by atoms with Gasteiger partial charge in [-0.25, -0.2) is 0 Å². The van der Waals surface area contributed by atoms with E-state index in [0.29, 0.717) is 17.6 Å².